The van der Waals surface area contributed by atoms with Gasteiger partial charge in [0.2, 0.25) is 0 Å². The summed E-state index contributed by atoms with van der Waals surface area (Å²) in [5.74, 6) is 0. The Balaban J connectivity index is 1.89. The van der Waals surface area contributed by atoms with E-state index in [2.05, 4.69) is 54.8 Å². The van der Waals surface area contributed by atoms with E-state index in [1.54, 1.807) is 14.2 Å². The predicted molar refractivity (Wildman–Crippen MR) is 103 cm³/mol. The van der Waals surface area contributed by atoms with E-state index in [9.17, 15) is 0 Å². The molecule has 1 aromatic heterocycles. The van der Waals surface area contributed by atoms with E-state index in [-0.39, 0.29) is 6.29 Å². The molecule has 0 unspecified atom stereocenters. The van der Waals surface area contributed by atoms with Gasteiger partial charge in [0.25, 0.3) is 0 Å². The van der Waals surface area contributed by atoms with Crippen molar-refractivity contribution in [1.29, 1.82) is 0 Å². The van der Waals surface area contributed by atoms with Crippen LogP contribution in [0.4, 0.5) is 0 Å². The van der Waals surface area contributed by atoms with Gasteiger partial charge in [0.05, 0.1) is 11.4 Å². The first-order valence-corrected chi connectivity index (χ1v) is 8.68. The summed E-state index contributed by atoms with van der Waals surface area (Å²) in [6, 6.07) is 18.6. The maximum absolute atomic E-state index is 5.24. The predicted octanol–water partition coefficient (Wildman–Crippen LogP) is 3.56. The molecule has 0 aliphatic heterocycles. The highest BCUT2D eigenvalue weighted by molar-refractivity contribution is 5.64. The van der Waals surface area contributed by atoms with Crippen LogP contribution in [-0.4, -0.2) is 36.8 Å². The molecule has 0 saturated carbocycles. The second-order valence-corrected chi connectivity index (χ2v) is 6.18. The molecule has 5 heteroatoms. The van der Waals surface area contributed by atoms with Crippen LogP contribution in [0.1, 0.15) is 11.1 Å². The lowest BCUT2D eigenvalue weighted by Gasteiger charge is -2.14. The Bertz CT molecular complexity index is 826. The molecule has 0 aliphatic carbocycles. The number of nitrogens with one attached hydrogen (secondary N) is 1. The van der Waals surface area contributed by atoms with Gasteiger partial charge in [-0.3, -0.25) is 0 Å². The van der Waals surface area contributed by atoms with Gasteiger partial charge in [-0.15, -0.1) is 0 Å². The fourth-order valence-electron chi connectivity index (χ4n) is 2.88. The molecule has 0 amide bonds. The highest BCUT2D eigenvalue weighted by Crippen LogP contribution is 2.24. The van der Waals surface area contributed by atoms with Crippen molar-refractivity contribution in [2.75, 3.05) is 20.8 Å². The third-order valence-corrected chi connectivity index (χ3v) is 4.25. The molecule has 2 aromatic carbocycles. The van der Waals surface area contributed by atoms with Crippen molar-refractivity contribution in [2.24, 2.45) is 0 Å². The van der Waals surface area contributed by atoms with Crippen molar-refractivity contribution >= 4 is 0 Å². The Morgan fingerprint density at radius 2 is 1.81 bits per heavy atom. The average molecular weight is 351 g/mol. The highest BCUT2D eigenvalue weighted by atomic mass is 16.7. The van der Waals surface area contributed by atoms with Crippen LogP contribution in [-0.2, 0) is 16.0 Å². The van der Waals surface area contributed by atoms with E-state index in [4.69, 9.17) is 14.6 Å². The first-order chi connectivity index (χ1) is 12.7. The van der Waals surface area contributed by atoms with Crippen molar-refractivity contribution in [3.05, 3.63) is 71.9 Å². The van der Waals surface area contributed by atoms with Crippen molar-refractivity contribution in [2.45, 2.75) is 19.8 Å². The summed E-state index contributed by atoms with van der Waals surface area (Å²) < 4.78 is 12.4. The van der Waals surface area contributed by atoms with Crippen molar-refractivity contribution in [1.82, 2.24) is 15.1 Å². The summed E-state index contributed by atoms with van der Waals surface area (Å²) in [5.41, 5.74) is 5.49. The van der Waals surface area contributed by atoms with Crippen LogP contribution in [0.3, 0.4) is 0 Å². The molecule has 0 fully saturated rings. The van der Waals surface area contributed by atoms with Crippen LogP contribution in [0.2, 0.25) is 0 Å². The molecule has 0 radical (unpaired) electrons. The summed E-state index contributed by atoms with van der Waals surface area (Å²) in [6.07, 6.45) is 1.82. The second-order valence-electron chi connectivity index (χ2n) is 6.18. The van der Waals surface area contributed by atoms with Gasteiger partial charge in [-0.1, -0.05) is 42.0 Å². The monoisotopic (exact) mass is 351 g/mol. The van der Waals surface area contributed by atoms with Crippen molar-refractivity contribution in [3.8, 4) is 16.9 Å². The summed E-state index contributed by atoms with van der Waals surface area (Å²) >= 11 is 0. The van der Waals surface area contributed by atoms with Crippen LogP contribution in [0.15, 0.2) is 60.8 Å². The van der Waals surface area contributed by atoms with Gasteiger partial charge in [0.1, 0.15) is 0 Å². The minimum Gasteiger partial charge on any atom is -0.355 e. The minimum absolute atomic E-state index is 0.262. The maximum atomic E-state index is 5.24. The fourth-order valence-corrected chi connectivity index (χ4v) is 2.88. The Morgan fingerprint density at radius 1 is 1.04 bits per heavy atom. The van der Waals surface area contributed by atoms with Gasteiger partial charge < -0.3 is 14.8 Å². The number of aromatic nitrogens is 2. The Labute approximate surface area is 154 Å². The molecule has 136 valence electrons. The van der Waals surface area contributed by atoms with Gasteiger partial charge in [0.15, 0.2) is 6.29 Å². The van der Waals surface area contributed by atoms with Crippen LogP contribution in [0.5, 0.6) is 0 Å². The van der Waals surface area contributed by atoms with Crippen LogP contribution in [0.25, 0.3) is 16.9 Å². The third kappa shape index (κ3) is 4.38. The number of ether oxygens (including phenoxy) is 2. The normalized spacial score (nSPS) is 11.2. The van der Waals surface area contributed by atoms with Crippen molar-refractivity contribution < 1.29 is 9.47 Å². The van der Waals surface area contributed by atoms with E-state index in [0.29, 0.717) is 13.1 Å². The average Bonchev–Trinajstić information content (AvgIpc) is 3.10. The highest BCUT2D eigenvalue weighted by Gasteiger charge is 2.13. The van der Waals surface area contributed by atoms with Gasteiger partial charge in [-0.25, -0.2) is 4.68 Å². The zero-order valence-electron chi connectivity index (χ0n) is 15.5. The topological polar surface area (TPSA) is 48.3 Å². The number of hydrogen-bond acceptors (Lipinski definition) is 4. The Morgan fingerprint density at radius 3 is 2.50 bits per heavy atom. The van der Waals surface area contributed by atoms with E-state index in [1.165, 1.54) is 5.56 Å². The summed E-state index contributed by atoms with van der Waals surface area (Å²) in [4.78, 5) is 0. The van der Waals surface area contributed by atoms with Gasteiger partial charge in [-0.2, -0.15) is 5.10 Å². The SMILES string of the molecule is COC(CNCc1cn(-c2ccccc2)nc1-c1cccc(C)c1)OC. The van der Waals surface area contributed by atoms with Gasteiger partial charge >= 0.3 is 0 Å². The molecule has 0 saturated heterocycles. The van der Waals surface area contributed by atoms with Gasteiger partial charge in [0, 0.05) is 44.6 Å². The number of benzene rings is 2. The Hall–Kier alpha value is -2.47. The van der Waals surface area contributed by atoms with Crippen LogP contribution >= 0.6 is 0 Å². The molecule has 3 rings (SSSR count). The standard InChI is InChI=1S/C21H25N3O2/c1-16-8-7-9-17(12-16)21-18(13-22-14-20(25-2)26-3)15-24(23-21)19-10-5-4-6-11-19/h4-12,15,20,22H,13-14H2,1-3H3. The first kappa shape index (κ1) is 18.3. The molecule has 3 aromatic rings. The second kappa shape index (κ2) is 8.76. The lowest BCUT2D eigenvalue weighted by atomic mass is 10.1. The van der Waals surface area contributed by atoms with E-state index in [0.717, 1.165) is 22.5 Å². The smallest absolute Gasteiger partial charge is 0.169 e. The first-order valence-electron chi connectivity index (χ1n) is 8.68. The van der Waals surface area contributed by atoms with Crippen LogP contribution in [0, 0.1) is 6.92 Å². The number of methoxy groups -OCH3 is 2. The molecule has 5 nitrogen and oxygen atoms in total. The molecule has 1 N–H and O–H groups in total. The quantitative estimate of drug-likeness (QED) is 0.631. The van der Waals surface area contributed by atoms with E-state index < -0.39 is 0 Å². The lowest BCUT2D eigenvalue weighted by Crippen LogP contribution is -2.29. The number of nitrogens with zero attached hydrogens (tertiary/aromatic N) is 2. The molecular formula is C21H25N3O2. The molecule has 0 bridgehead atoms. The maximum Gasteiger partial charge on any atom is 0.169 e. The minimum atomic E-state index is -0.262. The fraction of sp³-hybridized carbons (Fsp3) is 0.286. The molecule has 0 atom stereocenters. The number of para-hydroxylation sites is 1. The lowest BCUT2D eigenvalue weighted by molar-refractivity contribution is -0.0989. The summed E-state index contributed by atoms with van der Waals surface area (Å²) in [6.45, 7) is 3.38. The van der Waals surface area contributed by atoms with E-state index >= 15 is 0 Å². The number of hydrogen-bond donors (Lipinski definition) is 1. The van der Waals surface area contributed by atoms with Gasteiger partial charge in [-0.05, 0) is 25.1 Å². The zero-order valence-corrected chi connectivity index (χ0v) is 15.5. The van der Waals surface area contributed by atoms with Crippen LogP contribution < -0.4 is 5.32 Å². The number of aryl methyl sites for hydroxylation is 1. The zero-order chi connectivity index (χ0) is 18.4. The largest absolute Gasteiger partial charge is 0.355 e. The van der Waals surface area contributed by atoms with Crippen molar-refractivity contribution in [3.63, 3.8) is 0 Å². The number of rotatable bonds is 8. The Kier molecular flexibility index (Phi) is 6.17. The van der Waals surface area contributed by atoms with E-state index in [1.807, 2.05) is 22.9 Å². The molecule has 26 heavy (non-hydrogen) atoms. The summed E-state index contributed by atoms with van der Waals surface area (Å²) in [5, 5.41) is 8.23. The summed E-state index contributed by atoms with van der Waals surface area (Å²) in [7, 11) is 3.28. The molecular weight excluding hydrogens is 326 g/mol. The third-order valence-electron chi connectivity index (χ3n) is 4.25. The molecule has 0 aliphatic rings. The molecule has 0 spiro atoms. The molecule has 1 heterocycles.